The molecule has 0 atom stereocenters. The average molecular weight is 274 g/mol. The van der Waals surface area contributed by atoms with Crippen molar-refractivity contribution in [3.63, 3.8) is 0 Å². The molecule has 0 bridgehead atoms. The van der Waals surface area contributed by atoms with E-state index in [0.29, 0.717) is 31.6 Å². The van der Waals surface area contributed by atoms with Gasteiger partial charge in [-0.15, -0.1) is 5.10 Å². The molecule has 1 aromatic carbocycles. The third-order valence-corrected chi connectivity index (χ3v) is 3.20. The van der Waals surface area contributed by atoms with Gasteiger partial charge in [0.05, 0.1) is 20.6 Å². The fourth-order valence-corrected chi connectivity index (χ4v) is 2.43. The van der Waals surface area contributed by atoms with Gasteiger partial charge in [-0.25, -0.2) is 0 Å². The molecule has 0 fully saturated rings. The molecule has 7 heteroatoms. The first-order valence-corrected chi connectivity index (χ1v) is 5.46. The first-order valence-electron chi connectivity index (χ1n) is 4.33. The number of hydrogen-bond donors (Lipinski definition) is 0. The van der Waals surface area contributed by atoms with Crippen LogP contribution in [0.25, 0.3) is 16.6 Å². The molecule has 0 aliphatic carbocycles. The first-order chi connectivity index (χ1) is 7.68. The molecule has 0 N–H and O–H groups in total. The molecule has 80 valence electrons. The van der Waals surface area contributed by atoms with Crippen LogP contribution in [0.5, 0.6) is 0 Å². The van der Waals surface area contributed by atoms with Crippen LogP contribution in [0.3, 0.4) is 0 Å². The number of tetrazole rings is 1. The molecule has 0 aliphatic heterocycles. The summed E-state index contributed by atoms with van der Waals surface area (Å²) in [6.07, 6.45) is 0. The van der Waals surface area contributed by atoms with E-state index >= 15 is 0 Å². The van der Waals surface area contributed by atoms with Crippen molar-refractivity contribution >= 4 is 51.4 Å². The number of rotatable bonds is 0. The Bertz CT molecular complexity index is 707. The average Bonchev–Trinajstić information content (AvgIpc) is 2.70. The molecule has 4 nitrogen and oxygen atoms in total. The third-order valence-electron chi connectivity index (χ3n) is 2.28. The summed E-state index contributed by atoms with van der Waals surface area (Å²) in [5.41, 5.74) is 1.14. The Hall–Kier alpha value is -1.10. The highest BCUT2D eigenvalue weighted by Crippen LogP contribution is 2.34. The van der Waals surface area contributed by atoms with Crippen molar-refractivity contribution in [1.82, 2.24) is 20.0 Å². The summed E-state index contributed by atoms with van der Waals surface area (Å²) < 4.78 is 1.51. The molecule has 0 saturated heterocycles. The lowest BCUT2D eigenvalue weighted by atomic mass is 10.2. The second-order valence-electron chi connectivity index (χ2n) is 3.19. The van der Waals surface area contributed by atoms with Crippen LogP contribution >= 0.6 is 34.8 Å². The van der Waals surface area contributed by atoms with Gasteiger partial charge in [0.25, 0.3) is 0 Å². The number of nitrogens with zero attached hydrogens (tertiary/aromatic N) is 4. The van der Waals surface area contributed by atoms with E-state index in [9.17, 15) is 0 Å². The van der Waals surface area contributed by atoms with Crippen LogP contribution in [0.4, 0.5) is 0 Å². The van der Waals surface area contributed by atoms with E-state index in [1.807, 2.05) is 0 Å². The van der Waals surface area contributed by atoms with Gasteiger partial charge >= 0.3 is 0 Å². The lowest BCUT2D eigenvalue weighted by Crippen LogP contribution is -1.93. The Morgan fingerprint density at radius 2 is 1.75 bits per heavy atom. The van der Waals surface area contributed by atoms with Crippen molar-refractivity contribution in [2.75, 3.05) is 0 Å². The fraction of sp³-hybridized carbons (Fsp3) is 0. The van der Waals surface area contributed by atoms with Gasteiger partial charge in [0, 0.05) is 11.5 Å². The number of benzene rings is 1. The van der Waals surface area contributed by atoms with Crippen LogP contribution in [0.15, 0.2) is 18.2 Å². The molecule has 0 radical (unpaired) electrons. The Morgan fingerprint density at radius 3 is 2.56 bits per heavy atom. The standard InChI is InChI=1S/C9H3Cl3N4/c10-4-1-2-5(11)9-8(4)6(12)3-7-13-14-15-16(7)9/h1-3H. The molecule has 16 heavy (non-hydrogen) atoms. The predicted octanol–water partition coefficient (Wildman–Crippen LogP) is 3.24. The smallest absolute Gasteiger partial charge is 0.181 e. The first kappa shape index (κ1) is 10.1. The second kappa shape index (κ2) is 3.45. The monoisotopic (exact) mass is 272 g/mol. The Labute approximate surface area is 105 Å². The van der Waals surface area contributed by atoms with Crippen LogP contribution in [0, 0.1) is 0 Å². The predicted molar refractivity (Wildman–Crippen MR) is 63.3 cm³/mol. The Morgan fingerprint density at radius 1 is 1.00 bits per heavy atom. The summed E-state index contributed by atoms with van der Waals surface area (Å²) in [7, 11) is 0. The van der Waals surface area contributed by atoms with Gasteiger partial charge < -0.3 is 0 Å². The molecule has 0 aliphatic rings. The number of halogens is 3. The minimum Gasteiger partial charge on any atom is -0.191 e. The molecule has 2 heterocycles. The van der Waals surface area contributed by atoms with E-state index in [-0.39, 0.29) is 0 Å². The molecule has 0 saturated carbocycles. The lowest BCUT2D eigenvalue weighted by molar-refractivity contribution is 0.842. The maximum atomic E-state index is 6.12. The van der Waals surface area contributed by atoms with E-state index in [4.69, 9.17) is 34.8 Å². The number of aromatic nitrogens is 4. The van der Waals surface area contributed by atoms with Crippen molar-refractivity contribution in [2.24, 2.45) is 0 Å². The van der Waals surface area contributed by atoms with Crippen molar-refractivity contribution in [3.05, 3.63) is 33.3 Å². The fourth-order valence-electron chi connectivity index (χ4n) is 1.60. The summed E-state index contributed by atoms with van der Waals surface area (Å²) in [6.45, 7) is 0. The van der Waals surface area contributed by atoms with Gasteiger partial charge in [0.1, 0.15) is 0 Å². The highest BCUT2D eigenvalue weighted by Gasteiger charge is 2.13. The summed E-state index contributed by atoms with van der Waals surface area (Å²) >= 11 is 18.3. The Kier molecular flexibility index (Phi) is 2.17. The second-order valence-corrected chi connectivity index (χ2v) is 4.42. The van der Waals surface area contributed by atoms with Gasteiger partial charge in [0.15, 0.2) is 5.65 Å². The highest BCUT2D eigenvalue weighted by molar-refractivity contribution is 6.45. The van der Waals surface area contributed by atoms with E-state index in [1.165, 1.54) is 4.52 Å². The van der Waals surface area contributed by atoms with Crippen LogP contribution in [0.2, 0.25) is 15.1 Å². The van der Waals surface area contributed by atoms with Gasteiger partial charge in [-0.3, -0.25) is 0 Å². The molecule has 0 spiro atoms. The third kappa shape index (κ3) is 1.27. The van der Waals surface area contributed by atoms with Crippen LogP contribution in [-0.4, -0.2) is 20.0 Å². The minimum absolute atomic E-state index is 0.477. The zero-order valence-corrected chi connectivity index (χ0v) is 9.92. The van der Waals surface area contributed by atoms with Gasteiger partial charge in [-0.2, -0.15) is 4.52 Å². The quantitative estimate of drug-likeness (QED) is 0.631. The maximum Gasteiger partial charge on any atom is 0.181 e. The van der Waals surface area contributed by atoms with E-state index in [0.717, 1.165) is 0 Å². The van der Waals surface area contributed by atoms with Crippen molar-refractivity contribution in [1.29, 1.82) is 0 Å². The molecular formula is C9H3Cl3N4. The SMILES string of the molecule is Clc1ccc(Cl)c2c1c(Cl)cc1nnnn12. The Balaban J connectivity index is 2.71. The normalized spacial score (nSPS) is 11.4. The summed E-state index contributed by atoms with van der Waals surface area (Å²) in [5, 5.41) is 13.4. The van der Waals surface area contributed by atoms with Gasteiger partial charge in [0.2, 0.25) is 0 Å². The topological polar surface area (TPSA) is 43.1 Å². The van der Waals surface area contributed by atoms with E-state index < -0.39 is 0 Å². The maximum absolute atomic E-state index is 6.12. The van der Waals surface area contributed by atoms with Crippen LogP contribution < -0.4 is 0 Å². The minimum atomic E-state index is 0.477. The summed E-state index contributed by atoms with van der Waals surface area (Å²) in [4.78, 5) is 0. The highest BCUT2D eigenvalue weighted by atomic mass is 35.5. The summed E-state index contributed by atoms with van der Waals surface area (Å²) in [6, 6.07) is 5.02. The lowest BCUT2D eigenvalue weighted by Gasteiger charge is -2.05. The number of fused-ring (bicyclic) bond motifs is 3. The molecule has 0 amide bonds. The number of hydrogen-bond acceptors (Lipinski definition) is 3. The zero-order valence-electron chi connectivity index (χ0n) is 7.65. The van der Waals surface area contributed by atoms with Gasteiger partial charge in [-0.1, -0.05) is 34.8 Å². The molecule has 0 unspecified atom stereocenters. The largest absolute Gasteiger partial charge is 0.191 e. The number of pyridine rings is 1. The van der Waals surface area contributed by atoms with Crippen molar-refractivity contribution in [3.8, 4) is 0 Å². The van der Waals surface area contributed by atoms with E-state index in [2.05, 4.69) is 15.5 Å². The van der Waals surface area contributed by atoms with E-state index in [1.54, 1.807) is 18.2 Å². The van der Waals surface area contributed by atoms with Crippen LogP contribution in [0.1, 0.15) is 0 Å². The molecular weight excluding hydrogens is 270 g/mol. The molecule has 3 rings (SSSR count). The zero-order chi connectivity index (χ0) is 11.3. The molecule has 3 aromatic rings. The van der Waals surface area contributed by atoms with Crippen molar-refractivity contribution < 1.29 is 0 Å². The van der Waals surface area contributed by atoms with Crippen LogP contribution in [-0.2, 0) is 0 Å². The molecule has 2 aromatic heterocycles. The van der Waals surface area contributed by atoms with Crippen molar-refractivity contribution in [2.45, 2.75) is 0 Å². The summed E-state index contributed by atoms with van der Waals surface area (Å²) in [5.74, 6) is 0. The van der Waals surface area contributed by atoms with Gasteiger partial charge in [-0.05, 0) is 22.6 Å².